The van der Waals surface area contributed by atoms with Crippen LogP contribution in [-0.2, 0) is 14.3 Å². The third-order valence-electron chi connectivity index (χ3n) is 5.79. The zero-order valence-corrected chi connectivity index (χ0v) is 20.9. The van der Waals surface area contributed by atoms with E-state index in [0.717, 1.165) is 11.0 Å². The highest BCUT2D eigenvalue weighted by Gasteiger charge is 2.46. The van der Waals surface area contributed by atoms with Gasteiger partial charge in [0.05, 0.1) is 18.7 Å². The predicted octanol–water partition coefficient (Wildman–Crippen LogP) is 3.55. The molecule has 2 N–H and O–H groups in total. The van der Waals surface area contributed by atoms with Crippen molar-refractivity contribution in [1.29, 1.82) is 0 Å². The van der Waals surface area contributed by atoms with E-state index in [-0.39, 0.29) is 17.0 Å². The average molecular weight is 518 g/mol. The minimum Gasteiger partial charge on any atom is -0.507 e. The Bertz CT molecular complexity index is 1120. The van der Waals surface area contributed by atoms with Crippen LogP contribution in [-0.4, -0.2) is 71.8 Å². The van der Waals surface area contributed by atoms with Crippen LogP contribution in [0.2, 0.25) is 0 Å². The summed E-state index contributed by atoms with van der Waals surface area (Å²) < 4.78 is 5.66. The van der Waals surface area contributed by atoms with Crippen LogP contribution < -0.4 is 0 Å². The summed E-state index contributed by atoms with van der Waals surface area (Å²) in [5, 5.41) is 11.3. The van der Waals surface area contributed by atoms with E-state index in [1.54, 1.807) is 13.8 Å². The Morgan fingerprint density at radius 2 is 1.85 bits per heavy atom. The summed E-state index contributed by atoms with van der Waals surface area (Å²) in [6.07, 6.45) is 0.668. The molecular weight excluding hydrogens is 490 g/mol. The summed E-state index contributed by atoms with van der Waals surface area (Å²) >= 11 is 3.41. The van der Waals surface area contributed by atoms with Crippen molar-refractivity contribution in [3.63, 3.8) is 0 Å². The standard InChI is InChI=1S/C24H28BrN3O5/c1-13-17(14(2)26-19(13)24(32)33-5)21(29)18-20(15-7-9-16(25)10-8-15)28(23(31)22(18)30)12-6-11-27(3)4/h7-10,20,26,29H,6,11-12H2,1-5H3/b21-18+/t20-/m0/s1. The summed E-state index contributed by atoms with van der Waals surface area (Å²) in [4.78, 5) is 44.8. The molecule has 1 amide bonds. The number of carbonyl (C=O) groups excluding carboxylic acids is 3. The molecule has 33 heavy (non-hydrogen) atoms. The minimum absolute atomic E-state index is 0.00814. The van der Waals surface area contributed by atoms with E-state index in [0.29, 0.717) is 35.3 Å². The number of halogens is 1. The maximum absolute atomic E-state index is 13.2. The molecule has 0 aliphatic carbocycles. The van der Waals surface area contributed by atoms with Gasteiger partial charge in [-0.25, -0.2) is 4.79 Å². The Morgan fingerprint density at radius 1 is 1.21 bits per heavy atom. The molecule has 1 aromatic heterocycles. The van der Waals surface area contributed by atoms with E-state index in [1.165, 1.54) is 12.0 Å². The number of aromatic amines is 1. The number of ether oxygens (including phenoxy) is 1. The van der Waals surface area contributed by atoms with Gasteiger partial charge in [-0.3, -0.25) is 9.59 Å². The van der Waals surface area contributed by atoms with E-state index < -0.39 is 23.7 Å². The molecule has 9 heteroatoms. The van der Waals surface area contributed by atoms with Crippen LogP contribution >= 0.6 is 15.9 Å². The van der Waals surface area contributed by atoms with Gasteiger partial charge in [-0.1, -0.05) is 28.1 Å². The third kappa shape index (κ3) is 4.74. The second-order valence-corrected chi connectivity index (χ2v) is 9.23. The molecule has 1 fully saturated rings. The number of carbonyl (C=O) groups is 3. The van der Waals surface area contributed by atoms with Crippen molar-refractivity contribution in [2.75, 3.05) is 34.3 Å². The Hall–Kier alpha value is -2.91. The number of hydrogen-bond acceptors (Lipinski definition) is 6. The SMILES string of the molecule is COC(=O)c1[nH]c(C)c(/C(O)=C2\C(=O)C(=O)N(CCCN(C)C)[C@H]2c2ccc(Br)cc2)c1C. The fraction of sp³-hybridized carbons (Fsp3) is 0.375. The molecule has 1 aromatic carbocycles. The lowest BCUT2D eigenvalue weighted by Gasteiger charge is -2.26. The van der Waals surface area contributed by atoms with Crippen molar-refractivity contribution in [2.45, 2.75) is 26.3 Å². The van der Waals surface area contributed by atoms with Crippen LogP contribution in [0, 0.1) is 13.8 Å². The number of nitrogens with zero attached hydrogens (tertiary/aromatic N) is 2. The Balaban J connectivity index is 2.17. The van der Waals surface area contributed by atoms with Gasteiger partial charge < -0.3 is 24.6 Å². The van der Waals surface area contributed by atoms with Gasteiger partial charge in [0.2, 0.25) is 0 Å². The number of hydrogen-bond donors (Lipinski definition) is 2. The number of nitrogens with one attached hydrogen (secondary N) is 1. The molecule has 2 heterocycles. The van der Waals surface area contributed by atoms with Crippen molar-refractivity contribution in [3.8, 4) is 0 Å². The summed E-state index contributed by atoms with van der Waals surface area (Å²) in [6, 6.07) is 6.57. The van der Waals surface area contributed by atoms with Gasteiger partial charge in [-0.2, -0.15) is 0 Å². The summed E-state index contributed by atoms with van der Waals surface area (Å²) in [6.45, 7) is 4.45. The van der Waals surface area contributed by atoms with Crippen molar-refractivity contribution < 1.29 is 24.2 Å². The monoisotopic (exact) mass is 517 g/mol. The zero-order chi connectivity index (χ0) is 24.4. The number of aliphatic hydroxyl groups excluding tert-OH is 1. The number of aliphatic hydroxyl groups is 1. The highest BCUT2D eigenvalue weighted by atomic mass is 79.9. The molecule has 0 unspecified atom stereocenters. The quantitative estimate of drug-likeness (QED) is 0.252. The van der Waals surface area contributed by atoms with Gasteiger partial charge in [-0.15, -0.1) is 0 Å². The van der Waals surface area contributed by atoms with Crippen LogP contribution in [0.3, 0.4) is 0 Å². The van der Waals surface area contributed by atoms with Gasteiger partial charge in [0, 0.05) is 22.3 Å². The number of benzene rings is 1. The van der Waals surface area contributed by atoms with Gasteiger partial charge in [-0.05, 0) is 64.2 Å². The number of aromatic nitrogens is 1. The molecule has 0 spiro atoms. The molecule has 1 aliphatic rings. The van der Waals surface area contributed by atoms with Crippen molar-refractivity contribution in [1.82, 2.24) is 14.8 Å². The van der Waals surface area contributed by atoms with E-state index in [4.69, 9.17) is 4.74 Å². The summed E-state index contributed by atoms with van der Waals surface area (Å²) in [5.41, 5.74) is 2.18. The second kappa shape index (κ2) is 9.93. The van der Waals surface area contributed by atoms with E-state index in [1.807, 2.05) is 43.3 Å². The third-order valence-corrected chi connectivity index (χ3v) is 6.32. The van der Waals surface area contributed by atoms with E-state index >= 15 is 0 Å². The maximum atomic E-state index is 13.2. The maximum Gasteiger partial charge on any atom is 0.354 e. The second-order valence-electron chi connectivity index (χ2n) is 8.32. The molecule has 1 saturated heterocycles. The molecule has 0 saturated carbocycles. The largest absolute Gasteiger partial charge is 0.507 e. The minimum atomic E-state index is -0.745. The molecular formula is C24H28BrN3O5. The first kappa shape index (κ1) is 24.7. The van der Waals surface area contributed by atoms with E-state index in [2.05, 4.69) is 20.9 Å². The number of Topliss-reactive ketones (excluding diaryl/α,β-unsaturated/α-hetero) is 1. The van der Waals surface area contributed by atoms with Crippen molar-refractivity contribution >= 4 is 39.3 Å². The number of ketones is 1. The van der Waals surface area contributed by atoms with Crippen LogP contribution in [0.5, 0.6) is 0 Å². The molecule has 3 rings (SSSR count). The summed E-state index contributed by atoms with van der Waals surface area (Å²) in [7, 11) is 5.15. The van der Waals surface area contributed by atoms with E-state index in [9.17, 15) is 19.5 Å². The predicted molar refractivity (Wildman–Crippen MR) is 128 cm³/mol. The number of rotatable bonds is 7. The van der Waals surface area contributed by atoms with Gasteiger partial charge >= 0.3 is 5.97 Å². The first-order valence-corrected chi connectivity index (χ1v) is 11.3. The number of likely N-dealkylation sites (tertiary alicyclic amines) is 1. The number of methoxy groups -OCH3 is 1. The van der Waals surface area contributed by atoms with Crippen LogP contribution in [0.25, 0.3) is 5.76 Å². The fourth-order valence-electron chi connectivity index (χ4n) is 4.21. The molecule has 2 aromatic rings. The number of esters is 1. The molecule has 0 bridgehead atoms. The van der Waals surface area contributed by atoms with Crippen LogP contribution in [0.15, 0.2) is 34.3 Å². The average Bonchev–Trinajstić information content (AvgIpc) is 3.20. The Kier molecular flexibility index (Phi) is 7.44. The Morgan fingerprint density at radius 3 is 2.42 bits per heavy atom. The van der Waals surface area contributed by atoms with Gasteiger partial charge in [0.25, 0.3) is 11.7 Å². The molecule has 8 nitrogen and oxygen atoms in total. The number of amides is 1. The molecule has 176 valence electrons. The zero-order valence-electron chi connectivity index (χ0n) is 19.4. The highest BCUT2D eigenvalue weighted by molar-refractivity contribution is 9.10. The lowest BCUT2D eigenvalue weighted by Crippen LogP contribution is -2.32. The Labute approximate surface area is 201 Å². The normalized spacial score (nSPS) is 17.8. The first-order chi connectivity index (χ1) is 15.6. The topological polar surface area (TPSA) is 103 Å². The van der Waals surface area contributed by atoms with Gasteiger partial charge in [0.15, 0.2) is 0 Å². The molecule has 1 aliphatic heterocycles. The first-order valence-electron chi connectivity index (χ1n) is 10.5. The lowest BCUT2D eigenvalue weighted by atomic mass is 9.94. The van der Waals surface area contributed by atoms with Gasteiger partial charge in [0.1, 0.15) is 11.5 Å². The molecule has 0 radical (unpaired) electrons. The van der Waals surface area contributed by atoms with Crippen LogP contribution in [0.4, 0.5) is 0 Å². The summed E-state index contributed by atoms with van der Waals surface area (Å²) in [5.74, 6) is -2.28. The highest BCUT2D eigenvalue weighted by Crippen LogP contribution is 2.41. The smallest absolute Gasteiger partial charge is 0.354 e. The lowest BCUT2D eigenvalue weighted by molar-refractivity contribution is -0.139. The van der Waals surface area contributed by atoms with Crippen LogP contribution in [0.1, 0.15) is 45.3 Å². The van der Waals surface area contributed by atoms with Crippen molar-refractivity contribution in [2.24, 2.45) is 0 Å². The fourth-order valence-corrected chi connectivity index (χ4v) is 4.47. The number of H-pyrrole nitrogens is 1. The van der Waals surface area contributed by atoms with Crippen molar-refractivity contribution in [3.05, 3.63) is 62.4 Å². The molecule has 1 atom stereocenters. The number of aryl methyl sites for hydroxylation is 1.